The summed E-state index contributed by atoms with van der Waals surface area (Å²) in [6.07, 6.45) is 4.11. The number of Topliss-reactive ketones (excluding diaryl/α,β-unsaturated/α-hetero) is 1. The van der Waals surface area contributed by atoms with E-state index in [1.54, 1.807) is 43.8 Å². The number of carbonyl (C=O) groups is 2. The lowest BCUT2D eigenvalue weighted by atomic mass is 9.93. The Morgan fingerprint density at radius 2 is 1.85 bits per heavy atom. The van der Waals surface area contributed by atoms with Crippen molar-refractivity contribution in [3.05, 3.63) is 94.8 Å². The van der Waals surface area contributed by atoms with Crippen LogP contribution in [0.15, 0.2) is 72.6 Å². The van der Waals surface area contributed by atoms with Crippen LogP contribution in [-0.4, -0.2) is 28.9 Å². The van der Waals surface area contributed by atoms with Gasteiger partial charge in [0.2, 0.25) is 0 Å². The summed E-state index contributed by atoms with van der Waals surface area (Å²) in [6.45, 7) is 6.10. The number of benzene rings is 2. The standard InChI is InChI=1S/C28H28N2O4/c1-5-18-8-11-21(12-9-18)30-25(20-7-6-14-29-16-20)24(27(32)28(30)33)26(31)19-10-13-23(34-4)22(15-19)17(2)3/h6-17,25,31H,5H2,1-4H3/b26-24-. The highest BCUT2D eigenvalue weighted by atomic mass is 16.5. The van der Waals surface area contributed by atoms with E-state index < -0.39 is 17.7 Å². The van der Waals surface area contributed by atoms with Gasteiger partial charge in [0.25, 0.3) is 11.7 Å². The van der Waals surface area contributed by atoms with Gasteiger partial charge in [0.05, 0.1) is 18.7 Å². The largest absolute Gasteiger partial charge is 0.507 e. The average molecular weight is 457 g/mol. The summed E-state index contributed by atoms with van der Waals surface area (Å²) in [5, 5.41) is 11.4. The number of rotatable bonds is 6. The molecule has 1 unspecified atom stereocenters. The van der Waals surface area contributed by atoms with Crippen LogP contribution in [0.2, 0.25) is 0 Å². The maximum absolute atomic E-state index is 13.3. The van der Waals surface area contributed by atoms with Gasteiger partial charge in [-0.1, -0.05) is 39.0 Å². The van der Waals surface area contributed by atoms with Gasteiger partial charge in [0.1, 0.15) is 11.5 Å². The van der Waals surface area contributed by atoms with Crippen LogP contribution < -0.4 is 9.64 Å². The lowest BCUT2D eigenvalue weighted by Gasteiger charge is -2.25. The number of aliphatic hydroxyl groups is 1. The number of amides is 1. The van der Waals surface area contributed by atoms with Crippen LogP contribution in [0, 0.1) is 0 Å². The van der Waals surface area contributed by atoms with Crippen molar-refractivity contribution in [2.75, 3.05) is 12.0 Å². The molecule has 1 saturated heterocycles. The van der Waals surface area contributed by atoms with Crippen molar-refractivity contribution in [2.45, 2.75) is 39.2 Å². The van der Waals surface area contributed by atoms with E-state index in [2.05, 4.69) is 11.9 Å². The summed E-state index contributed by atoms with van der Waals surface area (Å²) < 4.78 is 5.45. The molecule has 0 spiro atoms. The molecule has 2 aromatic carbocycles. The fraction of sp³-hybridized carbons (Fsp3) is 0.250. The average Bonchev–Trinajstić information content (AvgIpc) is 3.14. The zero-order valence-corrected chi connectivity index (χ0v) is 19.8. The van der Waals surface area contributed by atoms with E-state index in [4.69, 9.17) is 4.74 Å². The molecule has 1 aromatic heterocycles. The van der Waals surface area contributed by atoms with Gasteiger partial charge in [-0.3, -0.25) is 19.5 Å². The molecule has 174 valence electrons. The monoisotopic (exact) mass is 456 g/mol. The Morgan fingerprint density at radius 1 is 1.12 bits per heavy atom. The minimum Gasteiger partial charge on any atom is -0.507 e. The first-order chi connectivity index (χ1) is 16.4. The number of hydrogen-bond acceptors (Lipinski definition) is 5. The van der Waals surface area contributed by atoms with Crippen molar-refractivity contribution in [1.82, 2.24) is 4.98 Å². The molecule has 2 heterocycles. The van der Waals surface area contributed by atoms with Gasteiger partial charge in [0.15, 0.2) is 0 Å². The van der Waals surface area contributed by atoms with E-state index in [1.165, 1.54) is 4.90 Å². The van der Waals surface area contributed by atoms with Crippen molar-refractivity contribution in [1.29, 1.82) is 0 Å². The second-order valence-corrected chi connectivity index (χ2v) is 8.59. The number of ketones is 1. The number of ether oxygens (including phenoxy) is 1. The van der Waals surface area contributed by atoms with E-state index in [9.17, 15) is 14.7 Å². The molecule has 0 aliphatic carbocycles. The summed E-state index contributed by atoms with van der Waals surface area (Å²) in [4.78, 5) is 32.2. The summed E-state index contributed by atoms with van der Waals surface area (Å²) >= 11 is 0. The lowest BCUT2D eigenvalue weighted by Crippen LogP contribution is -2.29. The number of aliphatic hydroxyl groups excluding tert-OH is 1. The number of pyridine rings is 1. The molecule has 1 atom stereocenters. The zero-order valence-electron chi connectivity index (χ0n) is 19.8. The molecule has 1 fully saturated rings. The highest BCUT2D eigenvalue weighted by Gasteiger charge is 2.47. The zero-order chi connectivity index (χ0) is 24.4. The maximum Gasteiger partial charge on any atom is 0.300 e. The highest BCUT2D eigenvalue weighted by Crippen LogP contribution is 2.42. The van der Waals surface area contributed by atoms with E-state index >= 15 is 0 Å². The predicted octanol–water partition coefficient (Wildman–Crippen LogP) is 5.40. The number of hydrogen-bond donors (Lipinski definition) is 1. The Kier molecular flexibility index (Phi) is 6.50. The second-order valence-electron chi connectivity index (χ2n) is 8.59. The number of nitrogens with zero attached hydrogens (tertiary/aromatic N) is 2. The first-order valence-corrected chi connectivity index (χ1v) is 11.4. The fourth-order valence-corrected chi connectivity index (χ4v) is 4.33. The summed E-state index contributed by atoms with van der Waals surface area (Å²) in [5.74, 6) is -0.794. The number of methoxy groups -OCH3 is 1. The van der Waals surface area contributed by atoms with Crippen molar-refractivity contribution in [3.63, 3.8) is 0 Å². The van der Waals surface area contributed by atoms with Gasteiger partial charge in [-0.2, -0.15) is 0 Å². The molecule has 0 radical (unpaired) electrons. The Hall–Kier alpha value is -3.93. The Balaban J connectivity index is 1.91. The third-order valence-electron chi connectivity index (χ3n) is 6.19. The van der Waals surface area contributed by atoms with Gasteiger partial charge < -0.3 is 9.84 Å². The third-order valence-corrected chi connectivity index (χ3v) is 6.19. The Morgan fingerprint density at radius 3 is 2.44 bits per heavy atom. The van der Waals surface area contributed by atoms with Crippen LogP contribution in [0.4, 0.5) is 5.69 Å². The Bertz CT molecular complexity index is 1250. The van der Waals surface area contributed by atoms with Crippen molar-refractivity contribution in [2.24, 2.45) is 0 Å². The predicted molar refractivity (Wildman–Crippen MR) is 132 cm³/mol. The molecule has 34 heavy (non-hydrogen) atoms. The number of carbonyl (C=O) groups excluding carboxylic acids is 2. The van der Waals surface area contributed by atoms with Gasteiger partial charge in [-0.05, 0) is 65.4 Å². The van der Waals surface area contributed by atoms with Crippen LogP contribution in [0.1, 0.15) is 55.0 Å². The molecule has 3 aromatic rings. The van der Waals surface area contributed by atoms with Crippen molar-refractivity contribution < 1.29 is 19.4 Å². The smallest absolute Gasteiger partial charge is 0.300 e. The topological polar surface area (TPSA) is 79.7 Å². The normalized spacial score (nSPS) is 17.4. The first kappa shape index (κ1) is 23.2. The highest BCUT2D eigenvalue weighted by molar-refractivity contribution is 6.51. The van der Waals surface area contributed by atoms with Gasteiger partial charge in [-0.15, -0.1) is 0 Å². The van der Waals surface area contributed by atoms with Crippen LogP contribution in [0.5, 0.6) is 5.75 Å². The molecule has 1 N–H and O–H groups in total. The van der Waals surface area contributed by atoms with E-state index in [0.29, 0.717) is 22.6 Å². The van der Waals surface area contributed by atoms with E-state index in [1.807, 2.05) is 44.2 Å². The SMILES string of the molecule is CCc1ccc(N2C(=O)C(=O)/C(=C(\O)c3ccc(OC)c(C(C)C)c3)C2c2cccnc2)cc1. The van der Waals surface area contributed by atoms with Crippen LogP contribution in [0.3, 0.4) is 0 Å². The minimum atomic E-state index is -0.800. The molecular formula is C28H28N2O4. The number of aromatic nitrogens is 1. The molecule has 0 bridgehead atoms. The molecule has 1 aliphatic rings. The van der Waals surface area contributed by atoms with E-state index in [0.717, 1.165) is 17.5 Å². The number of aryl methyl sites for hydroxylation is 1. The van der Waals surface area contributed by atoms with Crippen LogP contribution in [0.25, 0.3) is 5.76 Å². The third kappa shape index (κ3) is 4.07. The van der Waals surface area contributed by atoms with Gasteiger partial charge in [0, 0.05) is 23.6 Å². The van der Waals surface area contributed by atoms with Gasteiger partial charge >= 0.3 is 0 Å². The maximum atomic E-state index is 13.3. The quantitative estimate of drug-likeness (QED) is 0.305. The van der Waals surface area contributed by atoms with Crippen LogP contribution >= 0.6 is 0 Å². The van der Waals surface area contributed by atoms with Crippen molar-refractivity contribution in [3.8, 4) is 5.75 Å². The van der Waals surface area contributed by atoms with Crippen molar-refractivity contribution >= 4 is 23.1 Å². The van der Waals surface area contributed by atoms with Crippen LogP contribution in [-0.2, 0) is 16.0 Å². The molecule has 6 nitrogen and oxygen atoms in total. The first-order valence-electron chi connectivity index (χ1n) is 11.4. The van der Waals surface area contributed by atoms with E-state index in [-0.39, 0.29) is 17.3 Å². The summed E-state index contributed by atoms with van der Waals surface area (Å²) in [5.41, 5.74) is 3.74. The lowest BCUT2D eigenvalue weighted by molar-refractivity contribution is -0.132. The van der Waals surface area contributed by atoms with Gasteiger partial charge in [-0.25, -0.2) is 0 Å². The molecule has 0 saturated carbocycles. The Labute approximate surface area is 199 Å². The molecule has 1 aliphatic heterocycles. The molecule has 1 amide bonds. The number of anilines is 1. The minimum absolute atomic E-state index is 0.0393. The summed E-state index contributed by atoms with van der Waals surface area (Å²) in [6, 6.07) is 15.6. The second kappa shape index (κ2) is 9.51. The molecular weight excluding hydrogens is 428 g/mol. The molecule has 6 heteroatoms. The molecule has 4 rings (SSSR count). The fourth-order valence-electron chi connectivity index (χ4n) is 4.33. The summed E-state index contributed by atoms with van der Waals surface area (Å²) in [7, 11) is 1.60.